The molecule has 3 heteroatoms. The molecule has 0 aliphatic carbocycles. The second kappa shape index (κ2) is 7.82. The third-order valence-corrected chi connectivity index (χ3v) is 4.35. The van der Waals surface area contributed by atoms with Gasteiger partial charge in [0.05, 0.1) is 6.33 Å². The molecule has 0 aliphatic rings. The molecule has 0 spiro atoms. The lowest BCUT2D eigenvalue weighted by Gasteiger charge is -2.13. The van der Waals surface area contributed by atoms with Crippen molar-refractivity contribution < 1.29 is 4.74 Å². The minimum absolute atomic E-state index is 0.513. The van der Waals surface area contributed by atoms with Crippen molar-refractivity contribution in [3.05, 3.63) is 83.9 Å². The largest absolute Gasteiger partial charge is 0.489 e. The fourth-order valence-electron chi connectivity index (χ4n) is 2.67. The van der Waals surface area contributed by atoms with Gasteiger partial charge in [-0.25, -0.2) is 4.98 Å². The Hall–Kier alpha value is -2.55. The number of rotatable bonds is 7. The van der Waals surface area contributed by atoms with Crippen molar-refractivity contribution in [3.63, 3.8) is 0 Å². The number of hydrogen-bond acceptors (Lipinski definition) is 2. The van der Waals surface area contributed by atoms with E-state index in [-0.39, 0.29) is 0 Å². The highest BCUT2D eigenvalue weighted by atomic mass is 16.5. The Morgan fingerprint density at radius 1 is 1.04 bits per heavy atom. The Balaban J connectivity index is 1.51. The molecule has 0 radical (unpaired) electrons. The van der Waals surface area contributed by atoms with Crippen LogP contribution in [0.4, 0.5) is 0 Å². The van der Waals surface area contributed by atoms with E-state index in [1.165, 1.54) is 16.7 Å². The fraction of sp³-hybridized carbons (Fsp3) is 0.286. The average Bonchev–Trinajstić information content (AvgIpc) is 3.13. The molecule has 0 amide bonds. The lowest BCUT2D eigenvalue weighted by atomic mass is 9.98. The normalized spacial score (nSPS) is 12.1. The Morgan fingerprint density at radius 2 is 1.79 bits per heavy atom. The zero-order valence-corrected chi connectivity index (χ0v) is 14.4. The lowest BCUT2D eigenvalue weighted by molar-refractivity contribution is 0.306. The monoisotopic (exact) mass is 320 g/mol. The summed E-state index contributed by atoms with van der Waals surface area (Å²) in [6.45, 7) is 5.96. The van der Waals surface area contributed by atoms with Crippen LogP contribution in [0.1, 0.15) is 36.0 Å². The van der Waals surface area contributed by atoms with Crippen LogP contribution < -0.4 is 4.74 Å². The van der Waals surface area contributed by atoms with E-state index < -0.39 is 0 Å². The van der Waals surface area contributed by atoms with Crippen molar-refractivity contribution >= 4 is 0 Å². The first-order chi connectivity index (χ1) is 11.7. The van der Waals surface area contributed by atoms with Crippen molar-refractivity contribution in [3.8, 4) is 5.75 Å². The van der Waals surface area contributed by atoms with Gasteiger partial charge in [0.25, 0.3) is 0 Å². The molecule has 0 saturated heterocycles. The van der Waals surface area contributed by atoms with Gasteiger partial charge in [-0.2, -0.15) is 0 Å². The maximum atomic E-state index is 5.87. The van der Waals surface area contributed by atoms with Gasteiger partial charge in [0.1, 0.15) is 12.4 Å². The van der Waals surface area contributed by atoms with Crippen molar-refractivity contribution in [2.24, 2.45) is 0 Å². The van der Waals surface area contributed by atoms with E-state index in [2.05, 4.69) is 71.9 Å². The van der Waals surface area contributed by atoms with Crippen LogP contribution in [0.3, 0.4) is 0 Å². The van der Waals surface area contributed by atoms with Crippen LogP contribution in [0.25, 0.3) is 0 Å². The molecule has 1 heterocycles. The van der Waals surface area contributed by atoms with Gasteiger partial charge in [-0.3, -0.25) is 0 Å². The molecule has 124 valence electrons. The highest BCUT2D eigenvalue weighted by molar-refractivity contribution is 5.30. The summed E-state index contributed by atoms with van der Waals surface area (Å²) in [5.41, 5.74) is 3.81. The van der Waals surface area contributed by atoms with Crippen molar-refractivity contribution in [1.29, 1.82) is 0 Å². The van der Waals surface area contributed by atoms with Crippen LogP contribution in [0.15, 0.2) is 67.3 Å². The first kappa shape index (κ1) is 16.3. The second-order valence-corrected chi connectivity index (χ2v) is 6.33. The highest BCUT2D eigenvalue weighted by Crippen LogP contribution is 2.23. The molecule has 0 aliphatic heterocycles. The maximum absolute atomic E-state index is 5.87. The molecule has 24 heavy (non-hydrogen) atoms. The molecule has 1 atom stereocenters. The average molecular weight is 320 g/mol. The molecular formula is C21H24N2O. The van der Waals surface area contributed by atoms with Gasteiger partial charge in [-0.1, -0.05) is 48.9 Å². The van der Waals surface area contributed by atoms with Crippen molar-refractivity contribution in [2.75, 3.05) is 0 Å². The molecule has 3 aromatic rings. The number of benzene rings is 2. The summed E-state index contributed by atoms with van der Waals surface area (Å²) in [5.74, 6) is 1.43. The molecule has 0 saturated carbocycles. The summed E-state index contributed by atoms with van der Waals surface area (Å²) in [6, 6.07) is 16.9. The molecule has 1 unspecified atom stereocenters. The summed E-state index contributed by atoms with van der Waals surface area (Å²) in [4.78, 5) is 4.08. The minimum atomic E-state index is 0.513. The molecule has 0 bridgehead atoms. The number of aryl methyl sites for hydroxylation is 2. The van der Waals surface area contributed by atoms with Gasteiger partial charge in [-0.05, 0) is 42.5 Å². The van der Waals surface area contributed by atoms with E-state index in [9.17, 15) is 0 Å². The molecule has 0 N–H and O–H groups in total. The molecular weight excluding hydrogens is 296 g/mol. The van der Waals surface area contributed by atoms with E-state index in [1.807, 2.05) is 18.7 Å². The molecule has 3 nitrogen and oxygen atoms in total. The third kappa shape index (κ3) is 4.48. The summed E-state index contributed by atoms with van der Waals surface area (Å²) >= 11 is 0. The van der Waals surface area contributed by atoms with Crippen LogP contribution in [0.2, 0.25) is 0 Å². The van der Waals surface area contributed by atoms with Crippen LogP contribution in [-0.2, 0) is 13.2 Å². The molecule has 0 fully saturated rings. The number of nitrogens with zero attached hydrogens (tertiary/aromatic N) is 2. The minimum Gasteiger partial charge on any atom is -0.489 e. The predicted molar refractivity (Wildman–Crippen MR) is 97.2 cm³/mol. The Labute approximate surface area is 143 Å². The van der Waals surface area contributed by atoms with E-state index in [0.717, 1.165) is 18.7 Å². The SMILES string of the molecule is Cc1ccc(COc2ccc(C(C)CCn3ccnc3)cc2)cc1. The number of ether oxygens (including phenoxy) is 1. The number of aromatic nitrogens is 2. The second-order valence-electron chi connectivity index (χ2n) is 6.33. The van der Waals surface area contributed by atoms with Crippen molar-refractivity contribution in [1.82, 2.24) is 9.55 Å². The quantitative estimate of drug-likeness (QED) is 0.615. The van der Waals surface area contributed by atoms with Gasteiger partial charge in [-0.15, -0.1) is 0 Å². The van der Waals surface area contributed by atoms with Gasteiger partial charge in [0.2, 0.25) is 0 Å². The van der Waals surface area contributed by atoms with Gasteiger partial charge in [0, 0.05) is 18.9 Å². The molecule has 1 aromatic heterocycles. The Bertz CT molecular complexity index is 731. The Kier molecular flexibility index (Phi) is 5.32. The highest BCUT2D eigenvalue weighted by Gasteiger charge is 2.06. The van der Waals surface area contributed by atoms with E-state index in [4.69, 9.17) is 4.74 Å². The first-order valence-electron chi connectivity index (χ1n) is 8.45. The summed E-state index contributed by atoms with van der Waals surface area (Å²) in [6.07, 6.45) is 6.80. The van der Waals surface area contributed by atoms with Crippen LogP contribution in [0, 0.1) is 6.92 Å². The predicted octanol–water partition coefficient (Wildman–Crippen LogP) is 4.96. The zero-order valence-electron chi connectivity index (χ0n) is 14.4. The van der Waals surface area contributed by atoms with Crippen LogP contribution in [-0.4, -0.2) is 9.55 Å². The van der Waals surface area contributed by atoms with E-state index >= 15 is 0 Å². The van der Waals surface area contributed by atoms with Gasteiger partial charge in [0.15, 0.2) is 0 Å². The number of imidazole rings is 1. The zero-order chi connectivity index (χ0) is 16.8. The van der Waals surface area contributed by atoms with Crippen LogP contribution >= 0.6 is 0 Å². The summed E-state index contributed by atoms with van der Waals surface area (Å²) < 4.78 is 7.99. The first-order valence-corrected chi connectivity index (χ1v) is 8.45. The smallest absolute Gasteiger partial charge is 0.119 e. The lowest BCUT2D eigenvalue weighted by Crippen LogP contribution is -2.01. The molecule has 3 rings (SSSR count). The van der Waals surface area contributed by atoms with Crippen LogP contribution in [0.5, 0.6) is 5.75 Å². The summed E-state index contributed by atoms with van der Waals surface area (Å²) in [5, 5.41) is 0. The third-order valence-electron chi connectivity index (χ3n) is 4.35. The van der Waals surface area contributed by atoms with Gasteiger partial charge < -0.3 is 9.30 Å². The fourth-order valence-corrected chi connectivity index (χ4v) is 2.67. The van der Waals surface area contributed by atoms with E-state index in [1.54, 1.807) is 0 Å². The molecule has 2 aromatic carbocycles. The summed E-state index contributed by atoms with van der Waals surface area (Å²) in [7, 11) is 0. The topological polar surface area (TPSA) is 27.1 Å². The number of hydrogen-bond donors (Lipinski definition) is 0. The van der Waals surface area contributed by atoms with Crippen molar-refractivity contribution in [2.45, 2.75) is 39.3 Å². The standard InChI is InChI=1S/C21H24N2O/c1-17-3-5-19(6-4-17)15-24-21-9-7-20(8-10-21)18(2)11-13-23-14-12-22-16-23/h3-10,12,14,16,18H,11,13,15H2,1-2H3. The maximum Gasteiger partial charge on any atom is 0.119 e. The Morgan fingerprint density at radius 3 is 2.46 bits per heavy atom. The van der Waals surface area contributed by atoms with Gasteiger partial charge >= 0.3 is 0 Å². The van der Waals surface area contributed by atoms with E-state index in [0.29, 0.717) is 12.5 Å².